The number of nitriles is 1. The molecular formula is C13H12N2S. The second kappa shape index (κ2) is 4.91. The quantitative estimate of drug-likeness (QED) is 0.804. The van der Waals surface area contributed by atoms with Crippen molar-refractivity contribution in [3.63, 3.8) is 0 Å². The molecule has 1 heterocycles. The Morgan fingerprint density at radius 3 is 3.06 bits per heavy atom. The van der Waals surface area contributed by atoms with Crippen molar-refractivity contribution in [2.45, 2.75) is 19.8 Å². The maximum Gasteiger partial charge on any atom is 0.0991 e. The van der Waals surface area contributed by atoms with Crippen molar-refractivity contribution in [3.05, 3.63) is 41.0 Å². The van der Waals surface area contributed by atoms with E-state index in [9.17, 15) is 0 Å². The maximum absolute atomic E-state index is 8.84. The first kappa shape index (κ1) is 10.8. The summed E-state index contributed by atoms with van der Waals surface area (Å²) in [5.41, 5.74) is 1.78. The highest BCUT2D eigenvalue weighted by molar-refractivity contribution is 7.15. The minimum atomic E-state index is 0.697. The molecule has 0 aliphatic heterocycles. The molecule has 0 N–H and O–H groups in total. The highest BCUT2D eigenvalue weighted by atomic mass is 32.1. The van der Waals surface area contributed by atoms with Crippen LogP contribution in [0, 0.1) is 11.3 Å². The summed E-state index contributed by atoms with van der Waals surface area (Å²) in [6.07, 6.45) is 4.04. The van der Waals surface area contributed by atoms with Crippen molar-refractivity contribution >= 4 is 11.3 Å². The highest BCUT2D eigenvalue weighted by Crippen LogP contribution is 2.27. The Labute approximate surface area is 99.2 Å². The van der Waals surface area contributed by atoms with Gasteiger partial charge in [-0.15, -0.1) is 11.3 Å². The van der Waals surface area contributed by atoms with Gasteiger partial charge in [0.05, 0.1) is 21.5 Å². The van der Waals surface area contributed by atoms with Crippen LogP contribution in [0.1, 0.15) is 23.9 Å². The monoisotopic (exact) mass is 228 g/mol. The van der Waals surface area contributed by atoms with Gasteiger partial charge in [-0.25, -0.2) is 4.98 Å². The third kappa shape index (κ3) is 2.29. The summed E-state index contributed by atoms with van der Waals surface area (Å²) < 4.78 is 0. The zero-order chi connectivity index (χ0) is 11.4. The van der Waals surface area contributed by atoms with Gasteiger partial charge < -0.3 is 0 Å². The number of rotatable bonds is 3. The third-order valence-corrected chi connectivity index (χ3v) is 3.40. The Balaban J connectivity index is 2.32. The van der Waals surface area contributed by atoms with E-state index >= 15 is 0 Å². The summed E-state index contributed by atoms with van der Waals surface area (Å²) in [6, 6.07) is 9.80. The fourth-order valence-corrected chi connectivity index (χ4v) is 2.53. The van der Waals surface area contributed by atoms with Crippen LogP contribution < -0.4 is 0 Å². The van der Waals surface area contributed by atoms with Crippen LogP contribution >= 0.6 is 11.3 Å². The molecule has 3 heteroatoms. The average molecular weight is 228 g/mol. The van der Waals surface area contributed by atoms with Crippen molar-refractivity contribution < 1.29 is 0 Å². The molecule has 0 aliphatic carbocycles. The van der Waals surface area contributed by atoms with E-state index in [1.165, 1.54) is 5.01 Å². The first-order valence-corrected chi connectivity index (χ1v) is 6.10. The van der Waals surface area contributed by atoms with E-state index in [-0.39, 0.29) is 0 Å². The fraction of sp³-hybridized carbons (Fsp3) is 0.231. The van der Waals surface area contributed by atoms with Gasteiger partial charge in [-0.05, 0) is 30.5 Å². The van der Waals surface area contributed by atoms with E-state index in [4.69, 9.17) is 5.26 Å². The van der Waals surface area contributed by atoms with Crippen LogP contribution in [0.3, 0.4) is 0 Å². The molecule has 0 saturated carbocycles. The minimum Gasteiger partial charge on any atom is -0.249 e. The molecule has 0 amide bonds. The number of benzene rings is 1. The summed E-state index contributed by atoms with van der Waals surface area (Å²) in [5.74, 6) is 0. The van der Waals surface area contributed by atoms with Crippen LogP contribution in [-0.4, -0.2) is 4.98 Å². The maximum atomic E-state index is 8.84. The zero-order valence-corrected chi connectivity index (χ0v) is 9.92. The molecule has 2 nitrogen and oxygen atoms in total. The Hall–Kier alpha value is -1.66. The molecule has 80 valence electrons. The van der Waals surface area contributed by atoms with Gasteiger partial charge in [-0.3, -0.25) is 0 Å². The van der Waals surface area contributed by atoms with Gasteiger partial charge in [0.15, 0.2) is 0 Å². The van der Waals surface area contributed by atoms with Crippen molar-refractivity contribution in [2.24, 2.45) is 0 Å². The minimum absolute atomic E-state index is 0.697. The van der Waals surface area contributed by atoms with E-state index < -0.39 is 0 Å². The lowest BCUT2D eigenvalue weighted by Crippen LogP contribution is -1.76. The lowest BCUT2D eigenvalue weighted by Gasteiger charge is -1.96. The predicted octanol–water partition coefficient (Wildman–Crippen LogP) is 3.63. The van der Waals surface area contributed by atoms with E-state index in [2.05, 4.69) is 18.0 Å². The predicted molar refractivity (Wildman–Crippen MR) is 66.3 cm³/mol. The molecular weight excluding hydrogens is 216 g/mol. The summed E-state index contributed by atoms with van der Waals surface area (Å²) in [7, 11) is 0. The molecule has 16 heavy (non-hydrogen) atoms. The summed E-state index contributed by atoms with van der Waals surface area (Å²) in [4.78, 5) is 5.51. The van der Waals surface area contributed by atoms with Crippen molar-refractivity contribution in [1.29, 1.82) is 5.26 Å². The average Bonchev–Trinajstić information content (AvgIpc) is 2.78. The van der Waals surface area contributed by atoms with Crippen LogP contribution in [0.15, 0.2) is 30.5 Å². The number of hydrogen-bond acceptors (Lipinski definition) is 3. The van der Waals surface area contributed by atoms with E-state index in [0.717, 1.165) is 23.3 Å². The number of nitrogens with zero attached hydrogens (tertiary/aromatic N) is 2. The number of aryl methyl sites for hydroxylation is 1. The van der Waals surface area contributed by atoms with E-state index in [1.54, 1.807) is 11.3 Å². The molecule has 2 rings (SSSR count). The van der Waals surface area contributed by atoms with Gasteiger partial charge in [0.2, 0.25) is 0 Å². The molecule has 0 aliphatic rings. The first-order valence-electron chi connectivity index (χ1n) is 5.28. The SMILES string of the molecule is CCCc1ncc(-c2cccc(C#N)c2)s1. The topological polar surface area (TPSA) is 36.7 Å². The number of thiazole rings is 1. The lowest BCUT2D eigenvalue weighted by molar-refractivity contribution is 0.909. The molecule has 0 bridgehead atoms. The van der Waals surface area contributed by atoms with Crippen molar-refractivity contribution in [2.75, 3.05) is 0 Å². The Bertz CT molecular complexity index is 523. The van der Waals surface area contributed by atoms with Crippen LogP contribution in [0.4, 0.5) is 0 Å². The Morgan fingerprint density at radius 1 is 1.44 bits per heavy atom. The van der Waals surface area contributed by atoms with Gasteiger partial charge in [0, 0.05) is 6.20 Å². The molecule has 0 spiro atoms. The summed E-state index contributed by atoms with van der Waals surface area (Å²) in [6.45, 7) is 2.15. The Kier molecular flexibility index (Phi) is 3.33. The molecule has 0 fully saturated rings. The fourth-order valence-electron chi connectivity index (χ4n) is 1.52. The van der Waals surface area contributed by atoms with Gasteiger partial charge in [-0.2, -0.15) is 5.26 Å². The molecule has 0 atom stereocenters. The molecule has 2 aromatic rings. The zero-order valence-electron chi connectivity index (χ0n) is 9.10. The van der Waals surface area contributed by atoms with Crippen LogP contribution in [0.5, 0.6) is 0 Å². The standard InChI is InChI=1S/C13H12N2S/c1-2-4-13-15-9-12(16-13)11-6-3-5-10(7-11)8-14/h3,5-7,9H,2,4H2,1H3. The van der Waals surface area contributed by atoms with E-state index in [0.29, 0.717) is 5.56 Å². The highest BCUT2D eigenvalue weighted by Gasteiger charge is 2.04. The smallest absolute Gasteiger partial charge is 0.0991 e. The first-order chi connectivity index (χ1) is 7.83. The third-order valence-electron chi connectivity index (χ3n) is 2.29. The number of aromatic nitrogens is 1. The van der Waals surface area contributed by atoms with Crippen molar-refractivity contribution in [3.8, 4) is 16.5 Å². The molecule has 0 unspecified atom stereocenters. The summed E-state index contributed by atoms with van der Waals surface area (Å²) >= 11 is 1.71. The normalized spacial score (nSPS) is 10.0. The number of hydrogen-bond donors (Lipinski definition) is 0. The van der Waals surface area contributed by atoms with E-state index in [1.807, 2.05) is 30.5 Å². The molecule has 1 aromatic heterocycles. The van der Waals surface area contributed by atoms with Gasteiger partial charge in [0.1, 0.15) is 0 Å². The van der Waals surface area contributed by atoms with Crippen molar-refractivity contribution in [1.82, 2.24) is 4.98 Å². The van der Waals surface area contributed by atoms with Crippen LogP contribution in [0.25, 0.3) is 10.4 Å². The van der Waals surface area contributed by atoms with Gasteiger partial charge in [-0.1, -0.05) is 19.1 Å². The lowest BCUT2D eigenvalue weighted by atomic mass is 10.1. The molecule has 1 aromatic carbocycles. The molecule has 0 saturated heterocycles. The second-order valence-electron chi connectivity index (χ2n) is 3.56. The van der Waals surface area contributed by atoms with Crippen LogP contribution in [-0.2, 0) is 6.42 Å². The second-order valence-corrected chi connectivity index (χ2v) is 4.68. The Morgan fingerprint density at radius 2 is 2.31 bits per heavy atom. The van der Waals surface area contributed by atoms with Gasteiger partial charge in [0.25, 0.3) is 0 Å². The largest absolute Gasteiger partial charge is 0.249 e. The van der Waals surface area contributed by atoms with Crippen LogP contribution in [0.2, 0.25) is 0 Å². The van der Waals surface area contributed by atoms with Gasteiger partial charge >= 0.3 is 0 Å². The summed E-state index contributed by atoms with van der Waals surface area (Å²) in [5, 5.41) is 10.0. The molecule has 0 radical (unpaired) electrons.